The summed E-state index contributed by atoms with van der Waals surface area (Å²) in [6.07, 6.45) is 1.27. The van der Waals surface area contributed by atoms with Crippen LogP contribution in [-0.4, -0.2) is 17.2 Å². The van der Waals surface area contributed by atoms with Gasteiger partial charge in [-0.25, -0.2) is 10.2 Å². The fourth-order valence-electron chi connectivity index (χ4n) is 2.17. The molecule has 0 bridgehead atoms. The third-order valence-corrected chi connectivity index (χ3v) is 5.07. The molecule has 6 nitrogen and oxygen atoms in total. The molecule has 0 aliphatic rings. The van der Waals surface area contributed by atoms with Crippen molar-refractivity contribution >= 4 is 70.9 Å². The van der Waals surface area contributed by atoms with Gasteiger partial charge in [-0.3, -0.25) is 4.79 Å². The standard InChI is InChI=1S/C17H9Br3N2O4/c18-10-4-9-5-11(17(25)26-15(9)13(20)6-10)16(24)22-21-7-8-2-1-3-12(19)14(8)23/h1-7,23H,(H,22,24)/b21-7-. The van der Waals surface area contributed by atoms with E-state index < -0.39 is 11.5 Å². The minimum atomic E-state index is -0.779. The van der Waals surface area contributed by atoms with Crippen LogP contribution in [0.2, 0.25) is 0 Å². The fourth-order valence-corrected chi connectivity index (χ4v) is 3.89. The number of phenols is 1. The van der Waals surface area contributed by atoms with Crippen molar-refractivity contribution < 1.29 is 14.3 Å². The first-order chi connectivity index (χ1) is 12.4. The molecule has 3 rings (SSSR count). The van der Waals surface area contributed by atoms with E-state index in [1.165, 1.54) is 12.3 Å². The van der Waals surface area contributed by atoms with Gasteiger partial charge in [0.1, 0.15) is 11.3 Å². The van der Waals surface area contributed by atoms with Gasteiger partial charge in [0.2, 0.25) is 0 Å². The van der Waals surface area contributed by atoms with E-state index in [0.29, 0.717) is 25.5 Å². The predicted molar refractivity (Wildman–Crippen MR) is 109 cm³/mol. The molecule has 0 aliphatic carbocycles. The van der Waals surface area contributed by atoms with Gasteiger partial charge in [0, 0.05) is 15.4 Å². The average molecular weight is 545 g/mol. The Bertz CT molecular complexity index is 1110. The third-order valence-electron chi connectivity index (χ3n) is 3.38. The highest BCUT2D eigenvalue weighted by Gasteiger charge is 2.15. The number of phenolic OH excluding ortho intramolecular Hbond substituents is 1. The van der Waals surface area contributed by atoms with Gasteiger partial charge in [0.25, 0.3) is 5.91 Å². The minimum Gasteiger partial charge on any atom is -0.506 e. The van der Waals surface area contributed by atoms with Crippen molar-refractivity contribution in [3.63, 3.8) is 0 Å². The highest BCUT2D eigenvalue weighted by molar-refractivity contribution is 9.11. The molecule has 132 valence electrons. The van der Waals surface area contributed by atoms with Crippen molar-refractivity contribution in [2.45, 2.75) is 0 Å². The van der Waals surface area contributed by atoms with E-state index in [9.17, 15) is 14.7 Å². The normalized spacial score (nSPS) is 11.2. The number of nitrogens with one attached hydrogen (secondary N) is 1. The van der Waals surface area contributed by atoms with E-state index in [1.807, 2.05) is 0 Å². The lowest BCUT2D eigenvalue weighted by Crippen LogP contribution is -2.24. The average Bonchev–Trinajstić information content (AvgIpc) is 2.58. The number of fused-ring (bicyclic) bond motifs is 1. The Labute approximate surface area is 172 Å². The Morgan fingerprint density at radius 2 is 1.92 bits per heavy atom. The lowest BCUT2D eigenvalue weighted by Gasteiger charge is -2.04. The molecule has 0 aliphatic heterocycles. The number of hydrogen-bond donors (Lipinski definition) is 2. The fraction of sp³-hybridized carbons (Fsp3) is 0. The summed E-state index contributed by atoms with van der Waals surface area (Å²) < 4.78 is 7.07. The Kier molecular flexibility index (Phi) is 5.59. The molecule has 0 fully saturated rings. The molecular formula is C17H9Br3N2O4. The van der Waals surface area contributed by atoms with Crippen molar-refractivity contribution in [2.24, 2.45) is 5.10 Å². The second-order valence-electron chi connectivity index (χ2n) is 5.13. The number of hydrazone groups is 1. The van der Waals surface area contributed by atoms with Crippen LogP contribution >= 0.6 is 47.8 Å². The molecule has 0 saturated carbocycles. The number of carbonyl (C=O) groups is 1. The monoisotopic (exact) mass is 542 g/mol. The number of benzene rings is 2. The number of hydrogen-bond acceptors (Lipinski definition) is 5. The van der Waals surface area contributed by atoms with Gasteiger partial charge < -0.3 is 9.52 Å². The van der Waals surface area contributed by atoms with Crippen molar-refractivity contribution in [2.75, 3.05) is 0 Å². The maximum atomic E-state index is 12.2. The second kappa shape index (κ2) is 7.73. The Morgan fingerprint density at radius 3 is 2.69 bits per heavy atom. The second-order valence-corrected chi connectivity index (χ2v) is 7.75. The summed E-state index contributed by atoms with van der Waals surface area (Å²) in [5, 5.41) is 14.2. The van der Waals surface area contributed by atoms with Gasteiger partial charge >= 0.3 is 5.63 Å². The predicted octanol–water partition coefficient (Wildman–Crippen LogP) is 4.55. The molecule has 3 aromatic rings. The van der Waals surface area contributed by atoms with Crippen molar-refractivity contribution in [3.05, 3.63) is 71.4 Å². The highest BCUT2D eigenvalue weighted by atomic mass is 79.9. The number of para-hydroxylation sites is 1. The number of amides is 1. The molecule has 0 atom stereocenters. The topological polar surface area (TPSA) is 91.9 Å². The maximum Gasteiger partial charge on any atom is 0.349 e. The summed E-state index contributed by atoms with van der Waals surface area (Å²) in [4.78, 5) is 24.3. The van der Waals surface area contributed by atoms with Gasteiger partial charge in [0.15, 0.2) is 5.58 Å². The summed E-state index contributed by atoms with van der Waals surface area (Å²) in [6, 6.07) is 9.89. The van der Waals surface area contributed by atoms with Crippen LogP contribution in [0.25, 0.3) is 11.0 Å². The van der Waals surface area contributed by atoms with Gasteiger partial charge in [-0.1, -0.05) is 22.0 Å². The first-order valence-corrected chi connectivity index (χ1v) is 9.48. The van der Waals surface area contributed by atoms with Crippen LogP contribution in [0.4, 0.5) is 0 Å². The number of rotatable bonds is 3. The summed E-state index contributed by atoms with van der Waals surface area (Å²) in [5.41, 5.74) is 2.03. The van der Waals surface area contributed by atoms with Crippen molar-refractivity contribution in [3.8, 4) is 5.75 Å². The van der Waals surface area contributed by atoms with E-state index in [2.05, 4.69) is 58.3 Å². The van der Waals surface area contributed by atoms with E-state index in [1.54, 1.807) is 30.3 Å². The van der Waals surface area contributed by atoms with Gasteiger partial charge in [-0.15, -0.1) is 0 Å². The zero-order valence-electron chi connectivity index (χ0n) is 12.8. The number of carbonyl (C=O) groups excluding carboxylic acids is 1. The maximum absolute atomic E-state index is 12.2. The Hall–Kier alpha value is -1.97. The number of halogens is 3. The lowest BCUT2D eigenvalue weighted by atomic mass is 10.2. The van der Waals surface area contributed by atoms with Crippen LogP contribution in [0.1, 0.15) is 15.9 Å². The van der Waals surface area contributed by atoms with E-state index >= 15 is 0 Å². The quantitative estimate of drug-likeness (QED) is 0.287. The smallest absolute Gasteiger partial charge is 0.349 e. The van der Waals surface area contributed by atoms with Gasteiger partial charge in [0.05, 0.1) is 15.2 Å². The van der Waals surface area contributed by atoms with E-state index in [0.717, 1.165) is 4.47 Å². The van der Waals surface area contributed by atoms with Crippen molar-refractivity contribution in [1.82, 2.24) is 5.43 Å². The molecule has 1 aromatic heterocycles. The Morgan fingerprint density at radius 1 is 1.15 bits per heavy atom. The Balaban J connectivity index is 1.88. The van der Waals surface area contributed by atoms with Crippen LogP contribution in [0, 0.1) is 0 Å². The largest absolute Gasteiger partial charge is 0.506 e. The number of aromatic hydroxyl groups is 1. The lowest BCUT2D eigenvalue weighted by molar-refractivity contribution is 0.0951. The zero-order valence-corrected chi connectivity index (χ0v) is 17.6. The minimum absolute atomic E-state index is 0.00887. The van der Waals surface area contributed by atoms with Crippen LogP contribution < -0.4 is 11.1 Å². The van der Waals surface area contributed by atoms with E-state index in [-0.39, 0.29) is 11.3 Å². The first kappa shape index (κ1) is 18.8. The summed E-state index contributed by atoms with van der Waals surface area (Å²) in [5.74, 6) is -0.729. The molecule has 2 aromatic carbocycles. The molecule has 26 heavy (non-hydrogen) atoms. The molecule has 9 heteroatoms. The third kappa shape index (κ3) is 3.89. The molecule has 0 spiro atoms. The summed E-state index contributed by atoms with van der Waals surface area (Å²) in [7, 11) is 0. The SMILES string of the molecule is O=C(N/N=C\c1cccc(Br)c1O)c1cc2cc(Br)cc(Br)c2oc1=O. The highest BCUT2D eigenvalue weighted by Crippen LogP contribution is 2.28. The molecule has 0 unspecified atom stereocenters. The van der Waals surface area contributed by atoms with Crippen LogP contribution in [0.5, 0.6) is 5.75 Å². The molecule has 1 amide bonds. The van der Waals surface area contributed by atoms with Crippen LogP contribution in [0.3, 0.4) is 0 Å². The summed E-state index contributed by atoms with van der Waals surface area (Å²) >= 11 is 9.84. The van der Waals surface area contributed by atoms with Crippen molar-refractivity contribution in [1.29, 1.82) is 0 Å². The van der Waals surface area contributed by atoms with Gasteiger partial charge in [-0.05, 0) is 62.2 Å². The first-order valence-electron chi connectivity index (χ1n) is 7.10. The van der Waals surface area contributed by atoms with E-state index in [4.69, 9.17) is 4.42 Å². The molecule has 1 heterocycles. The summed E-state index contributed by atoms with van der Waals surface area (Å²) in [6.45, 7) is 0. The molecular weight excluding hydrogens is 536 g/mol. The van der Waals surface area contributed by atoms with Gasteiger partial charge in [-0.2, -0.15) is 5.10 Å². The van der Waals surface area contributed by atoms with Crippen LogP contribution in [0.15, 0.2) is 64.1 Å². The molecule has 2 N–H and O–H groups in total. The number of nitrogens with zero attached hydrogens (tertiary/aromatic N) is 1. The van der Waals surface area contributed by atoms with Crippen LogP contribution in [-0.2, 0) is 0 Å². The molecule has 0 radical (unpaired) electrons. The zero-order chi connectivity index (χ0) is 18.8. The molecule has 0 saturated heterocycles.